The lowest BCUT2D eigenvalue weighted by molar-refractivity contribution is 0.302. The van der Waals surface area contributed by atoms with Crippen LogP contribution in [0.2, 0.25) is 0 Å². The van der Waals surface area contributed by atoms with Crippen LogP contribution in [0.5, 0.6) is 5.75 Å². The minimum absolute atomic E-state index is 0.0503. The van der Waals surface area contributed by atoms with E-state index in [0.29, 0.717) is 18.9 Å². The number of nitrogens with two attached hydrogens (primary N) is 1. The van der Waals surface area contributed by atoms with Crippen LogP contribution in [0.15, 0.2) is 18.2 Å². The number of hydrogen-bond acceptors (Lipinski definition) is 3. The van der Waals surface area contributed by atoms with Crippen LogP contribution in [0.25, 0.3) is 0 Å². The van der Waals surface area contributed by atoms with Gasteiger partial charge >= 0.3 is 0 Å². The average molecular weight is 299 g/mol. The van der Waals surface area contributed by atoms with Gasteiger partial charge in [-0.1, -0.05) is 26.0 Å². The van der Waals surface area contributed by atoms with Crippen molar-refractivity contribution in [3.8, 4) is 5.75 Å². The number of rotatable bonds is 8. The molecule has 0 radical (unpaired) electrons. The number of hydrogen-bond donors (Lipinski definition) is 1. The minimum atomic E-state index is -3.33. The van der Waals surface area contributed by atoms with Crippen molar-refractivity contribution in [1.29, 1.82) is 0 Å². The van der Waals surface area contributed by atoms with Gasteiger partial charge in [-0.2, -0.15) is 0 Å². The van der Waals surface area contributed by atoms with Crippen LogP contribution in [-0.2, 0) is 10.0 Å². The van der Waals surface area contributed by atoms with Crippen LogP contribution < -0.4 is 9.88 Å². The van der Waals surface area contributed by atoms with Gasteiger partial charge in [0.1, 0.15) is 5.75 Å². The maximum absolute atomic E-state index is 10.8. The molecule has 0 aliphatic rings. The lowest BCUT2D eigenvalue weighted by Crippen LogP contribution is -2.16. The fraction of sp³-hybridized carbons (Fsp3) is 0.600. The number of benzene rings is 1. The molecule has 4 nitrogen and oxygen atoms in total. The first-order valence-electron chi connectivity index (χ1n) is 7.03. The quantitative estimate of drug-likeness (QED) is 0.750. The summed E-state index contributed by atoms with van der Waals surface area (Å²) in [7, 11) is -3.33. The van der Waals surface area contributed by atoms with Gasteiger partial charge in [0.2, 0.25) is 10.0 Å². The summed E-state index contributed by atoms with van der Waals surface area (Å²) in [5.74, 6) is 1.41. The molecule has 0 atom stereocenters. The zero-order valence-electron chi connectivity index (χ0n) is 12.6. The second kappa shape index (κ2) is 7.64. The molecule has 0 saturated carbocycles. The van der Waals surface area contributed by atoms with Gasteiger partial charge in [-0.15, -0.1) is 0 Å². The standard InChI is InChI=1S/C15H25NO3S/c1-12(2)14-8-7-13(3)11-15(14)19-9-5-4-6-10-20(16,17)18/h7-8,11-12H,4-6,9-10H2,1-3H3,(H2,16,17,18). The lowest BCUT2D eigenvalue weighted by atomic mass is 10.0. The van der Waals surface area contributed by atoms with E-state index in [0.717, 1.165) is 18.6 Å². The van der Waals surface area contributed by atoms with Crippen LogP contribution in [0.4, 0.5) is 0 Å². The third-order valence-electron chi connectivity index (χ3n) is 3.12. The predicted octanol–water partition coefficient (Wildman–Crippen LogP) is 2.96. The Labute approximate surface area is 122 Å². The van der Waals surface area contributed by atoms with Gasteiger partial charge in [0, 0.05) is 0 Å². The number of aryl methyl sites for hydroxylation is 1. The maximum Gasteiger partial charge on any atom is 0.209 e. The first-order chi connectivity index (χ1) is 9.29. The van der Waals surface area contributed by atoms with Gasteiger partial charge < -0.3 is 4.74 Å². The molecule has 0 saturated heterocycles. The molecule has 0 amide bonds. The fourth-order valence-corrected chi connectivity index (χ4v) is 2.61. The van der Waals surface area contributed by atoms with Gasteiger partial charge in [-0.05, 0) is 49.3 Å². The van der Waals surface area contributed by atoms with Crippen molar-refractivity contribution in [3.63, 3.8) is 0 Å². The molecule has 1 aromatic rings. The van der Waals surface area contributed by atoms with Gasteiger partial charge in [0.05, 0.1) is 12.4 Å². The predicted molar refractivity (Wildman–Crippen MR) is 82.6 cm³/mol. The zero-order chi connectivity index (χ0) is 15.2. The van der Waals surface area contributed by atoms with Crippen molar-refractivity contribution in [1.82, 2.24) is 0 Å². The molecule has 1 rings (SSSR count). The Morgan fingerprint density at radius 1 is 1.20 bits per heavy atom. The highest BCUT2D eigenvalue weighted by atomic mass is 32.2. The molecule has 1 aromatic carbocycles. The van der Waals surface area contributed by atoms with E-state index in [-0.39, 0.29) is 5.75 Å². The highest BCUT2D eigenvalue weighted by molar-refractivity contribution is 7.89. The smallest absolute Gasteiger partial charge is 0.209 e. The number of ether oxygens (including phenoxy) is 1. The molecule has 0 fully saturated rings. The molecule has 0 unspecified atom stereocenters. The number of unbranched alkanes of at least 4 members (excludes halogenated alkanes) is 2. The zero-order valence-corrected chi connectivity index (χ0v) is 13.4. The number of sulfonamides is 1. The first kappa shape index (κ1) is 17.0. The Morgan fingerprint density at radius 2 is 1.90 bits per heavy atom. The van der Waals surface area contributed by atoms with Crippen molar-refractivity contribution in [2.45, 2.75) is 46.0 Å². The summed E-state index contributed by atoms with van der Waals surface area (Å²) in [6.07, 6.45) is 2.23. The van der Waals surface area contributed by atoms with E-state index in [1.165, 1.54) is 11.1 Å². The summed E-state index contributed by atoms with van der Waals surface area (Å²) in [6.45, 7) is 6.93. The topological polar surface area (TPSA) is 69.4 Å². The van der Waals surface area contributed by atoms with Crippen LogP contribution in [0.1, 0.15) is 50.2 Å². The number of primary sulfonamides is 1. The van der Waals surface area contributed by atoms with Crippen molar-refractivity contribution >= 4 is 10.0 Å². The van der Waals surface area contributed by atoms with Gasteiger partial charge in [0.15, 0.2) is 0 Å². The second-order valence-corrected chi connectivity index (χ2v) is 7.21. The summed E-state index contributed by atoms with van der Waals surface area (Å²) < 4.78 is 27.4. The van der Waals surface area contributed by atoms with Gasteiger partial charge in [-0.3, -0.25) is 0 Å². The summed E-state index contributed by atoms with van der Waals surface area (Å²) >= 11 is 0. The molecule has 0 bridgehead atoms. The third kappa shape index (κ3) is 6.39. The molecule has 5 heteroatoms. The highest BCUT2D eigenvalue weighted by Crippen LogP contribution is 2.27. The van der Waals surface area contributed by atoms with E-state index in [1.54, 1.807) is 0 Å². The molecule has 0 aliphatic carbocycles. The van der Waals surface area contributed by atoms with Crippen LogP contribution in [0.3, 0.4) is 0 Å². The fourth-order valence-electron chi connectivity index (χ4n) is 2.01. The van der Waals surface area contributed by atoms with Crippen LogP contribution >= 0.6 is 0 Å². The Kier molecular flexibility index (Phi) is 6.49. The van der Waals surface area contributed by atoms with Crippen LogP contribution in [-0.4, -0.2) is 20.8 Å². The Balaban J connectivity index is 2.40. The molecule has 0 aliphatic heterocycles. The van der Waals surface area contributed by atoms with Crippen molar-refractivity contribution < 1.29 is 13.2 Å². The summed E-state index contributed by atoms with van der Waals surface area (Å²) in [5, 5.41) is 4.95. The van der Waals surface area contributed by atoms with Crippen molar-refractivity contribution in [3.05, 3.63) is 29.3 Å². The average Bonchev–Trinajstić information content (AvgIpc) is 2.32. The molecule has 0 aromatic heterocycles. The molecule has 0 spiro atoms. The molecule has 2 N–H and O–H groups in total. The van der Waals surface area contributed by atoms with Gasteiger partial charge in [0.25, 0.3) is 0 Å². The Hall–Kier alpha value is -1.07. The van der Waals surface area contributed by atoms with E-state index >= 15 is 0 Å². The summed E-state index contributed by atoms with van der Waals surface area (Å²) in [4.78, 5) is 0. The molecular weight excluding hydrogens is 274 g/mol. The van der Waals surface area contributed by atoms with E-state index in [4.69, 9.17) is 9.88 Å². The normalized spacial score (nSPS) is 11.8. The van der Waals surface area contributed by atoms with E-state index in [2.05, 4.69) is 32.0 Å². The van der Waals surface area contributed by atoms with Crippen molar-refractivity contribution in [2.75, 3.05) is 12.4 Å². The SMILES string of the molecule is Cc1ccc(C(C)C)c(OCCCCCS(N)(=O)=O)c1. The van der Waals surface area contributed by atoms with E-state index in [1.807, 2.05) is 6.92 Å². The Morgan fingerprint density at radius 3 is 2.50 bits per heavy atom. The minimum Gasteiger partial charge on any atom is -0.493 e. The lowest BCUT2D eigenvalue weighted by Gasteiger charge is -2.14. The van der Waals surface area contributed by atoms with E-state index in [9.17, 15) is 8.42 Å². The van der Waals surface area contributed by atoms with Gasteiger partial charge in [-0.25, -0.2) is 13.6 Å². The summed E-state index contributed by atoms with van der Waals surface area (Å²) in [6, 6.07) is 6.25. The van der Waals surface area contributed by atoms with Crippen molar-refractivity contribution in [2.24, 2.45) is 5.14 Å². The molecule has 0 heterocycles. The maximum atomic E-state index is 10.8. The summed E-state index contributed by atoms with van der Waals surface area (Å²) in [5.41, 5.74) is 2.39. The largest absolute Gasteiger partial charge is 0.493 e. The highest BCUT2D eigenvalue weighted by Gasteiger charge is 2.08. The second-order valence-electron chi connectivity index (χ2n) is 5.47. The molecule has 20 heavy (non-hydrogen) atoms. The molecule has 114 valence electrons. The first-order valence-corrected chi connectivity index (χ1v) is 8.75. The third-order valence-corrected chi connectivity index (χ3v) is 3.98. The monoisotopic (exact) mass is 299 g/mol. The van der Waals surface area contributed by atoms with Crippen LogP contribution in [0, 0.1) is 6.92 Å². The molecular formula is C15H25NO3S. The van der Waals surface area contributed by atoms with E-state index < -0.39 is 10.0 Å². The Bertz CT molecular complexity index is 524.